The van der Waals surface area contributed by atoms with Crippen LogP contribution in [0, 0.1) is 20.8 Å². The van der Waals surface area contributed by atoms with E-state index < -0.39 is 0 Å². The average Bonchev–Trinajstić information content (AvgIpc) is 2.28. The van der Waals surface area contributed by atoms with Crippen molar-refractivity contribution in [2.45, 2.75) is 20.8 Å². The van der Waals surface area contributed by atoms with Gasteiger partial charge in [0.25, 0.3) is 0 Å². The van der Waals surface area contributed by atoms with Crippen LogP contribution >= 0.6 is 11.6 Å². The van der Waals surface area contributed by atoms with E-state index >= 15 is 0 Å². The molecule has 0 atom stereocenters. The first-order chi connectivity index (χ1) is 8.06. The van der Waals surface area contributed by atoms with Gasteiger partial charge in [-0.25, -0.2) is 9.97 Å². The molecule has 0 aliphatic rings. The van der Waals surface area contributed by atoms with E-state index in [1.807, 2.05) is 20.8 Å². The maximum atomic E-state index is 5.70. The summed E-state index contributed by atoms with van der Waals surface area (Å²) < 4.78 is 5.65. The minimum Gasteiger partial charge on any atom is -0.437 e. The number of rotatable bonds is 2. The number of hydrogen-bond acceptors (Lipinski definition) is 4. The summed E-state index contributed by atoms with van der Waals surface area (Å²) in [5.41, 5.74) is 1.83. The van der Waals surface area contributed by atoms with Crippen molar-refractivity contribution < 1.29 is 4.74 Å². The minimum absolute atomic E-state index is 0.434. The van der Waals surface area contributed by atoms with E-state index in [1.54, 1.807) is 18.3 Å². The SMILES string of the molecule is Cc1nc(C)c(C)c(Oc2ccc(Cl)nc2)n1. The van der Waals surface area contributed by atoms with Gasteiger partial charge in [0.2, 0.25) is 5.88 Å². The average molecular weight is 250 g/mol. The highest BCUT2D eigenvalue weighted by atomic mass is 35.5. The van der Waals surface area contributed by atoms with Crippen LogP contribution in [0.3, 0.4) is 0 Å². The monoisotopic (exact) mass is 249 g/mol. The molecule has 0 saturated carbocycles. The van der Waals surface area contributed by atoms with Crippen LogP contribution in [0.4, 0.5) is 0 Å². The summed E-state index contributed by atoms with van der Waals surface area (Å²) in [5.74, 6) is 1.85. The Morgan fingerprint density at radius 2 is 1.88 bits per heavy atom. The Balaban J connectivity index is 2.32. The highest BCUT2D eigenvalue weighted by Gasteiger charge is 2.08. The topological polar surface area (TPSA) is 47.9 Å². The Morgan fingerprint density at radius 1 is 1.12 bits per heavy atom. The highest BCUT2D eigenvalue weighted by Crippen LogP contribution is 2.24. The number of hydrogen-bond donors (Lipinski definition) is 0. The minimum atomic E-state index is 0.434. The molecule has 0 aliphatic heterocycles. The van der Waals surface area contributed by atoms with E-state index in [-0.39, 0.29) is 0 Å². The smallest absolute Gasteiger partial charge is 0.225 e. The Labute approximate surface area is 105 Å². The van der Waals surface area contributed by atoms with Gasteiger partial charge in [0, 0.05) is 11.3 Å². The van der Waals surface area contributed by atoms with Crippen LogP contribution in [0.5, 0.6) is 11.6 Å². The van der Waals surface area contributed by atoms with Gasteiger partial charge in [0.1, 0.15) is 16.7 Å². The molecule has 0 radical (unpaired) electrons. The third-order valence-electron chi connectivity index (χ3n) is 2.37. The lowest BCUT2D eigenvalue weighted by molar-refractivity contribution is 0.452. The molecule has 0 saturated heterocycles. The molecule has 2 aromatic rings. The molecule has 0 aliphatic carbocycles. The maximum absolute atomic E-state index is 5.70. The molecule has 17 heavy (non-hydrogen) atoms. The molecular formula is C12H12ClN3O. The van der Waals surface area contributed by atoms with Gasteiger partial charge in [-0.2, -0.15) is 4.98 Å². The normalized spacial score (nSPS) is 10.4. The second kappa shape index (κ2) is 4.67. The third kappa shape index (κ3) is 2.71. The molecule has 0 N–H and O–H groups in total. The van der Waals surface area contributed by atoms with Crippen LogP contribution in [0.2, 0.25) is 5.15 Å². The second-order valence-corrected chi connectivity index (χ2v) is 4.09. The molecule has 0 aromatic carbocycles. The lowest BCUT2D eigenvalue weighted by atomic mass is 10.2. The standard InChI is InChI=1S/C12H12ClN3O/c1-7-8(2)15-9(3)16-12(7)17-10-4-5-11(13)14-6-10/h4-6H,1-3H3. The predicted molar refractivity (Wildman–Crippen MR) is 65.6 cm³/mol. The summed E-state index contributed by atoms with van der Waals surface area (Å²) in [5, 5.41) is 0.434. The molecule has 0 unspecified atom stereocenters. The summed E-state index contributed by atoms with van der Waals surface area (Å²) in [6.45, 7) is 5.68. The number of aryl methyl sites for hydroxylation is 2. The molecule has 2 heterocycles. The van der Waals surface area contributed by atoms with Crippen molar-refractivity contribution in [3.05, 3.63) is 40.6 Å². The molecule has 0 fully saturated rings. The quantitative estimate of drug-likeness (QED) is 0.767. The molecular weight excluding hydrogens is 238 g/mol. The molecule has 0 spiro atoms. The number of pyridine rings is 1. The van der Waals surface area contributed by atoms with Gasteiger partial charge in [-0.3, -0.25) is 0 Å². The fraction of sp³-hybridized carbons (Fsp3) is 0.250. The van der Waals surface area contributed by atoms with E-state index in [9.17, 15) is 0 Å². The Kier molecular flexibility index (Phi) is 3.24. The Morgan fingerprint density at radius 3 is 2.53 bits per heavy atom. The zero-order valence-corrected chi connectivity index (χ0v) is 10.6. The summed E-state index contributed by atoms with van der Waals surface area (Å²) >= 11 is 5.70. The molecule has 4 nitrogen and oxygen atoms in total. The van der Waals surface area contributed by atoms with Crippen LogP contribution in [0.1, 0.15) is 17.1 Å². The van der Waals surface area contributed by atoms with E-state index in [1.165, 1.54) is 0 Å². The van der Waals surface area contributed by atoms with Crippen LogP contribution < -0.4 is 4.74 Å². The zero-order valence-electron chi connectivity index (χ0n) is 9.86. The van der Waals surface area contributed by atoms with Gasteiger partial charge in [0.15, 0.2) is 0 Å². The number of nitrogens with zero attached hydrogens (tertiary/aromatic N) is 3. The largest absolute Gasteiger partial charge is 0.437 e. The molecule has 0 bridgehead atoms. The van der Waals surface area contributed by atoms with E-state index in [4.69, 9.17) is 16.3 Å². The van der Waals surface area contributed by atoms with Crippen LogP contribution in [-0.4, -0.2) is 15.0 Å². The zero-order chi connectivity index (χ0) is 12.4. The van der Waals surface area contributed by atoms with Crippen molar-refractivity contribution >= 4 is 11.6 Å². The predicted octanol–water partition coefficient (Wildman–Crippen LogP) is 3.24. The molecule has 0 amide bonds. The van der Waals surface area contributed by atoms with Crippen molar-refractivity contribution in [1.29, 1.82) is 0 Å². The lowest BCUT2D eigenvalue weighted by Gasteiger charge is -2.09. The second-order valence-electron chi connectivity index (χ2n) is 3.71. The van der Waals surface area contributed by atoms with Crippen molar-refractivity contribution in [2.75, 3.05) is 0 Å². The fourth-order valence-corrected chi connectivity index (χ4v) is 1.48. The first-order valence-electron chi connectivity index (χ1n) is 5.17. The van der Waals surface area contributed by atoms with Crippen molar-refractivity contribution in [1.82, 2.24) is 15.0 Å². The fourth-order valence-electron chi connectivity index (χ4n) is 1.37. The van der Waals surface area contributed by atoms with Gasteiger partial charge < -0.3 is 4.74 Å². The van der Waals surface area contributed by atoms with Crippen molar-refractivity contribution in [3.63, 3.8) is 0 Å². The third-order valence-corrected chi connectivity index (χ3v) is 2.59. The van der Waals surface area contributed by atoms with E-state index in [0.717, 1.165) is 11.3 Å². The lowest BCUT2D eigenvalue weighted by Crippen LogP contribution is -1.99. The van der Waals surface area contributed by atoms with Gasteiger partial charge in [-0.1, -0.05) is 11.6 Å². The van der Waals surface area contributed by atoms with Crippen LogP contribution in [0.25, 0.3) is 0 Å². The molecule has 88 valence electrons. The van der Waals surface area contributed by atoms with Crippen molar-refractivity contribution in [2.24, 2.45) is 0 Å². The maximum Gasteiger partial charge on any atom is 0.225 e. The first-order valence-corrected chi connectivity index (χ1v) is 5.55. The van der Waals surface area contributed by atoms with Crippen LogP contribution in [0.15, 0.2) is 18.3 Å². The molecule has 2 aromatic heterocycles. The Bertz CT molecular complexity index is 540. The summed E-state index contributed by atoms with van der Waals surface area (Å²) in [7, 11) is 0. The summed E-state index contributed by atoms with van der Waals surface area (Å²) in [6.07, 6.45) is 1.56. The molecule has 5 heteroatoms. The first kappa shape index (κ1) is 11.8. The highest BCUT2D eigenvalue weighted by molar-refractivity contribution is 6.29. The van der Waals surface area contributed by atoms with Gasteiger partial charge >= 0.3 is 0 Å². The van der Waals surface area contributed by atoms with Gasteiger partial charge in [0.05, 0.1) is 6.20 Å². The number of aromatic nitrogens is 3. The molecule has 2 rings (SSSR count). The van der Waals surface area contributed by atoms with Gasteiger partial charge in [-0.15, -0.1) is 0 Å². The number of halogens is 1. The van der Waals surface area contributed by atoms with Crippen molar-refractivity contribution in [3.8, 4) is 11.6 Å². The Hall–Kier alpha value is -1.68. The summed E-state index contributed by atoms with van der Waals surface area (Å²) in [4.78, 5) is 12.5. The van der Waals surface area contributed by atoms with E-state index in [2.05, 4.69) is 15.0 Å². The van der Waals surface area contributed by atoms with E-state index in [0.29, 0.717) is 22.6 Å². The summed E-state index contributed by atoms with van der Waals surface area (Å²) in [6, 6.07) is 3.43. The van der Waals surface area contributed by atoms with Gasteiger partial charge in [-0.05, 0) is 32.9 Å². The van der Waals surface area contributed by atoms with Crippen LogP contribution in [-0.2, 0) is 0 Å². The number of ether oxygens (including phenoxy) is 1.